The first-order valence-electron chi connectivity index (χ1n) is 5.61. The van der Waals surface area contributed by atoms with E-state index in [1.807, 2.05) is 25.1 Å². The van der Waals surface area contributed by atoms with E-state index in [-0.39, 0.29) is 0 Å². The van der Waals surface area contributed by atoms with Gasteiger partial charge in [-0.05, 0) is 47.9 Å². The molecular weight excluding hydrogens is 226 g/mol. The number of rotatable bonds is 1. The molecule has 0 radical (unpaired) electrons. The maximum atomic E-state index is 5.84. The zero-order chi connectivity index (χ0) is 12.7. The van der Waals surface area contributed by atoms with Crippen molar-refractivity contribution in [1.82, 2.24) is 15.2 Å². The molecule has 0 fully saturated rings. The molecular formula is C13H13N5. The van der Waals surface area contributed by atoms with Crippen LogP contribution >= 0.6 is 0 Å². The second-order valence-electron chi connectivity index (χ2n) is 4.29. The Bertz CT molecular complexity index is 729. The lowest BCUT2D eigenvalue weighted by molar-refractivity contribution is 1.12. The van der Waals surface area contributed by atoms with E-state index < -0.39 is 0 Å². The average Bonchev–Trinajstić information content (AvgIpc) is 2.72. The van der Waals surface area contributed by atoms with Crippen molar-refractivity contribution < 1.29 is 0 Å². The quantitative estimate of drug-likeness (QED) is 0.606. The van der Waals surface area contributed by atoms with Crippen LogP contribution in [0.3, 0.4) is 0 Å². The predicted molar refractivity (Wildman–Crippen MR) is 72.9 cm³/mol. The highest BCUT2D eigenvalue weighted by Gasteiger charge is 2.08. The average molecular weight is 239 g/mol. The molecule has 0 aliphatic carbocycles. The summed E-state index contributed by atoms with van der Waals surface area (Å²) < 4.78 is 0. The third kappa shape index (κ3) is 1.57. The highest BCUT2D eigenvalue weighted by Crippen LogP contribution is 2.29. The van der Waals surface area contributed by atoms with Gasteiger partial charge in [-0.2, -0.15) is 5.10 Å². The third-order valence-electron chi connectivity index (χ3n) is 3.01. The summed E-state index contributed by atoms with van der Waals surface area (Å²) in [6.07, 6.45) is 1.70. The number of hydrogen-bond acceptors (Lipinski definition) is 4. The van der Waals surface area contributed by atoms with Crippen LogP contribution in [0.15, 0.2) is 30.5 Å². The van der Waals surface area contributed by atoms with Gasteiger partial charge in [0.2, 0.25) is 0 Å². The fourth-order valence-corrected chi connectivity index (χ4v) is 2.11. The molecule has 5 nitrogen and oxygen atoms in total. The van der Waals surface area contributed by atoms with Gasteiger partial charge in [0.15, 0.2) is 5.82 Å². The number of aromatic nitrogens is 3. The van der Waals surface area contributed by atoms with E-state index in [0.717, 1.165) is 27.6 Å². The normalized spacial score (nSPS) is 10.9. The monoisotopic (exact) mass is 239 g/mol. The highest BCUT2D eigenvalue weighted by molar-refractivity contribution is 5.94. The minimum Gasteiger partial charge on any atom is -0.384 e. The third-order valence-corrected chi connectivity index (χ3v) is 3.01. The molecule has 90 valence electrons. The number of aromatic amines is 1. The maximum absolute atomic E-state index is 5.84. The maximum Gasteiger partial charge on any atom is 0.153 e. The van der Waals surface area contributed by atoms with E-state index in [1.54, 1.807) is 6.20 Å². The Hall–Kier alpha value is -2.56. The Kier molecular flexibility index (Phi) is 2.19. The van der Waals surface area contributed by atoms with Crippen LogP contribution in [0, 0.1) is 6.92 Å². The first kappa shape index (κ1) is 10.6. The number of aryl methyl sites for hydroxylation is 1. The van der Waals surface area contributed by atoms with Crippen LogP contribution in [-0.4, -0.2) is 15.2 Å². The molecule has 0 bridgehead atoms. The summed E-state index contributed by atoms with van der Waals surface area (Å²) >= 11 is 0. The molecule has 0 aliphatic heterocycles. The van der Waals surface area contributed by atoms with Gasteiger partial charge in [0.05, 0.1) is 5.52 Å². The molecule has 0 unspecified atom stereocenters. The van der Waals surface area contributed by atoms with E-state index in [2.05, 4.69) is 21.2 Å². The summed E-state index contributed by atoms with van der Waals surface area (Å²) in [5.74, 6) is 1.02. The van der Waals surface area contributed by atoms with Crippen molar-refractivity contribution in [3.05, 3.63) is 36.0 Å². The van der Waals surface area contributed by atoms with E-state index in [4.69, 9.17) is 11.5 Å². The van der Waals surface area contributed by atoms with Crippen molar-refractivity contribution >= 4 is 22.5 Å². The number of fused-ring (bicyclic) bond motifs is 1. The fourth-order valence-electron chi connectivity index (χ4n) is 2.11. The van der Waals surface area contributed by atoms with Crippen molar-refractivity contribution in [1.29, 1.82) is 0 Å². The number of nitrogens with zero attached hydrogens (tertiary/aromatic N) is 2. The topological polar surface area (TPSA) is 93.6 Å². The van der Waals surface area contributed by atoms with Gasteiger partial charge in [0.25, 0.3) is 0 Å². The second kappa shape index (κ2) is 3.73. The molecule has 18 heavy (non-hydrogen) atoms. The van der Waals surface area contributed by atoms with Crippen molar-refractivity contribution in [3.8, 4) is 11.1 Å². The van der Waals surface area contributed by atoms with Crippen molar-refractivity contribution in [2.24, 2.45) is 0 Å². The molecule has 0 saturated carbocycles. The van der Waals surface area contributed by atoms with E-state index in [1.165, 1.54) is 0 Å². The molecule has 5 heteroatoms. The smallest absolute Gasteiger partial charge is 0.153 e. The molecule has 0 atom stereocenters. The van der Waals surface area contributed by atoms with Crippen molar-refractivity contribution in [2.45, 2.75) is 6.92 Å². The Balaban J connectivity index is 2.27. The fraction of sp³-hybridized carbons (Fsp3) is 0.0769. The largest absolute Gasteiger partial charge is 0.384 e. The van der Waals surface area contributed by atoms with Gasteiger partial charge in [-0.25, -0.2) is 4.98 Å². The predicted octanol–water partition coefficient (Wildman–Crippen LogP) is 2.10. The summed E-state index contributed by atoms with van der Waals surface area (Å²) in [5.41, 5.74) is 15.7. The van der Waals surface area contributed by atoms with Gasteiger partial charge in [-0.3, -0.25) is 5.10 Å². The van der Waals surface area contributed by atoms with Crippen LogP contribution in [0.25, 0.3) is 22.0 Å². The van der Waals surface area contributed by atoms with Gasteiger partial charge in [-0.1, -0.05) is 0 Å². The van der Waals surface area contributed by atoms with Crippen LogP contribution < -0.4 is 11.5 Å². The van der Waals surface area contributed by atoms with E-state index >= 15 is 0 Å². The highest BCUT2D eigenvalue weighted by atomic mass is 15.1. The summed E-state index contributed by atoms with van der Waals surface area (Å²) in [4.78, 5) is 3.99. The Morgan fingerprint density at radius 1 is 1.11 bits per heavy atom. The van der Waals surface area contributed by atoms with Gasteiger partial charge in [0.1, 0.15) is 5.82 Å². The first-order chi connectivity index (χ1) is 8.65. The summed E-state index contributed by atoms with van der Waals surface area (Å²) in [7, 11) is 0. The summed E-state index contributed by atoms with van der Waals surface area (Å²) in [6, 6.07) is 7.86. The van der Waals surface area contributed by atoms with Crippen LogP contribution in [0.1, 0.15) is 5.56 Å². The molecule has 3 aromatic rings. The van der Waals surface area contributed by atoms with Crippen molar-refractivity contribution in [2.75, 3.05) is 11.5 Å². The minimum absolute atomic E-state index is 0.505. The Labute approximate surface area is 104 Å². The Morgan fingerprint density at radius 2 is 1.94 bits per heavy atom. The Morgan fingerprint density at radius 3 is 2.72 bits per heavy atom. The zero-order valence-electron chi connectivity index (χ0n) is 9.94. The van der Waals surface area contributed by atoms with Crippen LogP contribution in [-0.2, 0) is 0 Å². The molecule has 2 heterocycles. The van der Waals surface area contributed by atoms with Gasteiger partial charge >= 0.3 is 0 Å². The van der Waals surface area contributed by atoms with Crippen LogP contribution in [0.2, 0.25) is 0 Å². The number of nitrogens with two attached hydrogens (primary N) is 2. The summed E-state index contributed by atoms with van der Waals surface area (Å²) in [5, 5.41) is 7.89. The molecule has 0 aliphatic rings. The number of benzene rings is 1. The number of pyridine rings is 1. The SMILES string of the molecule is Cc1cc(-c2ccnc(N)c2)cc2c(N)n[nH]c12. The van der Waals surface area contributed by atoms with Crippen LogP contribution in [0.4, 0.5) is 11.6 Å². The second-order valence-corrected chi connectivity index (χ2v) is 4.29. The lowest BCUT2D eigenvalue weighted by Gasteiger charge is -2.05. The first-order valence-corrected chi connectivity index (χ1v) is 5.61. The number of anilines is 2. The van der Waals surface area contributed by atoms with Gasteiger partial charge in [-0.15, -0.1) is 0 Å². The molecule has 1 aromatic carbocycles. The molecule has 5 N–H and O–H groups in total. The van der Waals surface area contributed by atoms with Crippen molar-refractivity contribution in [3.63, 3.8) is 0 Å². The lowest BCUT2D eigenvalue weighted by atomic mass is 10.0. The molecule has 2 aromatic heterocycles. The van der Waals surface area contributed by atoms with Gasteiger partial charge < -0.3 is 11.5 Å². The van der Waals surface area contributed by atoms with E-state index in [9.17, 15) is 0 Å². The molecule has 0 saturated heterocycles. The number of nitrogens with one attached hydrogen (secondary N) is 1. The molecule has 0 amide bonds. The van der Waals surface area contributed by atoms with E-state index in [0.29, 0.717) is 11.6 Å². The minimum atomic E-state index is 0.505. The number of nitrogen functional groups attached to an aromatic ring is 2. The zero-order valence-corrected chi connectivity index (χ0v) is 9.94. The standard InChI is InChI=1S/C13H13N5/c1-7-4-9(8-2-3-16-11(14)6-8)5-10-12(7)17-18-13(10)15/h2-6H,1H3,(H2,14,16)(H3,15,17,18). The van der Waals surface area contributed by atoms with Gasteiger partial charge in [0, 0.05) is 11.6 Å². The number of hydrogen-bond donors (Lipinski definition) is 3. The lowest BCUT2D eigenvalue weighted by Crippen LogP contribution is -1.90. The molecule has 3 rings (SSSR count). The molecule has 0 spiro atoms. The van der Waals surface area contributed by atoms with Crippen LogP contribution in [0.5, 0.6) is 0 Å². The number of H-pyrrole nitrogens is 1. The summed E-state index contributed by atoms with van der Waals surface area (Å²) in [6.45, 7) is 2.02.